The number of aliphatic carboxylic acids is 1. The Morgan fingerprint density at radius 1 is 0.914 bits per heavy atom. The van der Waals surface area contributed by atoms with Gasteiger partial charge in [0.25, 0.3) is 0 Å². The third-order valence-electron chi connectivity index (χ3n) is 7.53. The number of hydrogen-bond donors (Lipinski definition) is 1. The Bertz CT molecular complexity index is 1200. The van der Waals surface area contributed by atoms with Crippen LogP contribution in [0.15, 0.2) is 72.1 Å². The Hall–Kier alpha value is -3.25. The van der Waals surface area contributed by atoms with Crippen LogP contribution in [0.25, 0.3) is 0 Å². The summed E-state index contributed by atoms with van der Waals surface area (Å²) in [6.07, 6.45) is 3.48. The molecule has 4 unspecified atom stereocenters. The summed E-state index contributed by atoms with van der Waals surface area (Å²) in [5.74, 6) is -2.84. The number of amides is 1. The fourth-order valence-corrected chi connectivity index (χ4v) is 6.79. The summed E-state index contributed by atoms with van der Waals surface area (Å²) in [6.45, 7) is 1.97. The van der Waals surface area contributed by atoms with Crippen LogP contribution in [-0.4, -0.2) is 33.7 Å². The Morgan fingerprint density at radius 3 is 2.20 bits per heavy atom. The minimum atomic E-state index is -1.11. The maximum Gasteiger partial charge on any atom is 0.327 e. The molecule has 4 atom stereocenters. The number of Topliss-reactive ketones (excluding diaryl/α,β-unsaturated/α-hetero) is 1. The zero-order valence-electron chi connectivity index (χ0n) is 19.7. The highest BCUT2D eigenvalue weighted by molar-refractivity contribution is 7.10. The number of nitrogens with zero attached hydrogens (tertiary/aromatic N) is 1. The van der Waals surface area contributed by atoms with E-state index in [1.165, 1.54) is 11.3 Å². The van der Waals surface area contributed by atoms with Gasteiger partial charge in [0.1, 0.15) is 6.04 Å². The number of carbonyl (C=O) groups excluding carboxylic acids is 2. The normalized spacial score (nSPS) is 24.5. The van der Waals surface area contributed by atoms with E-state index in [0.29, 0.717) is 5.56 Å². The lowest BCUT2D eigenvalue weighted by atomic mass is 9.78. The zero-order valence-corrected chi connectivity index (χ0v) is 20.5. The molecule has 1 saturated heterocycles. The third kappa shape index (κ3) is 4.31. The number of aryl methyl sites for hydroxylation is 1. The first-order valence-electron chi connectivity index (χ1n) is 12.2. The summed E-state index contributed by atoms with van der Waals surface area (Å²) >= 11 is 1.45. The Balaban J connectivity index is 1.71. The van der Waals surface area contributed by atoms with E-state index in [4.69, 9.17) is 0 Å². The van der Waals surface area contributed by atoms with E-state index >= 15 is 0 Å². The Kier molecular flexibility index (Phi) is 6.56. The second-order valence-electron chi connectivity index (χ2n) is 9.66. The lowest BCUT2D eigenvalue weighted by Gasteiger charge is -2.32. The molecule has 5 nitrogen and oxygen atoms in total. The van der Waals surface area contributed by atoms with E-state index in [1.54, 1.807) is 4.90 Å². The van der Waals surface area contributed by atoms with E-state index in [-0.39, 0.29) is 17.6 Å². The van der Waals surface area contributed by atoms with Gasteiger partial charge in [-0.2, -0.15) is 0 Å². The van der Waals surface area contributed by atoms with Crippen LogP contribution in [0.3, 0.4) is 0 Å². The minimum Gasteiger partial charge on any atom is -0.480 e. The number of likely N-dealkylation sites (tertiary alicyclic amines) is 1. The van der Waals surface area contributed by atoms with Crippen molar-refractivity contribution >= 4 is 29.0 Å². The molecule has 0 radical (unpaired) electrons. The average Bonchev–Trinajstić information content (AvgIpc) is 3.64. The Labute approximate surface area is 209 Å². The fourth-order valence-electron chi connectivity index (χ4n) is 5.89. The van der Waals surface area contributed by atoms with Gasteiger partial charge in [0.2, 0.25) is 5.91 Å². The molecule has 180 valence electrons. The summed E-state index contributed by atoms with van der Waals surface area (Å²) in [5.41, 5.74) is 2.39. The van der Waals surface area contributed by atoms with Gasteiger partial charge in [-0.1, -0.05) is 79.1 Å². The van der Waals surface area contributed by atoms with E-state index < -0.39 is 29.9 Å². The number of thiophene rings is 1. The summed E-state index contributed by atoms with van der Waals surface area (Å²) in [4.78, 5) is 43.4. The number of rotatable bonds is 6. The molecule has 1 aromatic heterocycles. The number of carboxylic acids is 1. The molecule has 1 aliphatic carbocycles. The standard InChI is InChI=1S/C29H29NO4S/c1-18-13-15-20(16-14-18)27(31)24-23(22-12-7-17-35-22)26(29(33)34)30(28(32)21-10-5-6-11-21)25(24)19-8-3-2-4-9-19/h2-4,7-9,12-17,21,23-26H,5-6,10-11H2,1H3,(H,33,34). The van der Waals surface area contributed by atoms with Gasteiger partial charge in [-0.3, -0.25) is 9.59 Å². The molecule has 1 amide bonds. The predicted octanol–water partition coefficient (Wildman–Crippen LogP) is 5.87. The van der Waals surface area contributed by atoms with E-state index in [9.17, 15) is 19.5 Å². The molecule has 2 heterocycles. The van der Waals surface area contributed by atoms with E-state index in [0.717, 1.165) is 41.7 Å². The lowest BCUT2D eigenvalue weighted by molar-refractivity contribution is -0.152. The number of carbonyl (C=O) groups is 3. The first kappa shape index (κ1) is 23.5. The molecule has 2 aliphatic rings. The smallest absolute Gasteiger partial charge is 0.327 e. The van der Waals surface area contributed by atoms with Gasteiger partial charge < -0.3 is 10.0 Å². The number of benzene rings is 2. The van der Waals surface area contributed by atoms with Crippen LogP contribution in [0.2, 0.25) is 0 Å². The van der Waals surface area contributed by atoms with Gasteiger partial charge >= 0.3 is 5.97 Å². The van der Waals surface area contributed by atoms with Crippen molar-refractivity contribution in [3.63, 3.8) is 0 Å². The van der Waals surface area contributed by atoms with E-state index in [1.807, 2.05) is 79.0 Å². The van der Waals surface area contributed by atoms with Crippen LogP contribution in [0.4, 0.5) is 0 Å². The van der Waals surface area contributed by atoms with Gasteiger partial charge in [0.05, 0.1) is 12.0 Å². The van der Waals surface area contributed by atoms with Crippen molar-refractivity contribution in [1.29, 1.82) is 0 Å². The molecule has 1 saturated carbocycles. The van der Waals surface area contributed by atoms with Crippen molar-refractivity contribution in [1.82, 2.24) is 4.90 Å². The van der Waals surface area contributed by atoms with Crippen LogP contribution in [0, 0.1) is 18.8 Å². The monoisotopic (exact) mass is 487 g/mol. The van der Waals surface area contributed by atoms with Gasteiger partial charge in [-0.05, 0) is 36.8 Å². The molecule has 0 bridgehead atoms. The third-order valence-corrected chi connectivity index (χ3v) is 8.50. The quantitative estimate of drug-likeness (QED) is 0.442. The van der Waals surface area contributed by atoms with Crippen molar-refractivity contribution in [2.75, 3.05) is 0 Å². The SMILES string of the molecule is Cc1ccc(C(=O)C2C(c3cccs3)C(C(=O)O)N(C(=O)C3CCCC3)C2c2ccccc2)cc1. The van der Waals surface area contributed by atoms with Crippen molar-refractivity contribution in [2.45, 2.75) is 50.6 Å². The molecule has 5 rings (SSSR count). The fraction of sp³-hybridized carbons (Fsp3) is 0.345. The summed E-state index contributed by atoms with van der Waals surface area (Å²) in [5, 5.41) is 12.4. The molecule has 1 aliphatic heterocycles. The molecule has 0 spiro atoms. The van der Waals surface area contributed by atoms with Crippen LogP contribution < -0.4 is 0 Å². The van der Waals surface area contributed by atoms with Gasteiger partial charge in [0, 0.05) is 22.3 Å². The van der Waals surface area contributed by atoms with Crippen molar-refractivity contribution in [2.24, 2.45) is 11.8 Å². The minimum absolute atomic E-state index is 0.120. The average molecular weight is 488 g/mol. The lowest BCUT2D eigenvalue weighted by Crippen LogP contribution is -2.46. The molecule has 2 aromatic carbocycles. The first-order valence-corrected chi connectivity index (χ1v) is 13.1. The van der Waals surface area contributed by atoms with Crippen molar-refractivity contribution < 1.29 is 19.5 Å². The Morgan fingerprint density at radius 2 is 1.60 bits per heavy atom. The summed E-state index contributed by atoms with van der Waals surface area (Å²) in [6, 6.07) is 18.9. The van der Waals surface area contributed by atoms with Gasteiger partial charge in [-0.15, -0.1) is 11.3 Å². The second-order valence-corrected chi connectivity index (χ2v) is 10.6. The molecular formula is C29H29NO4S. The summed E-state index contributed by atoms with van der Waals surface area (Å²) in [7, 11) is 0. The highest BCUT2D eigenvalue weighted by Gasteiger charge is 2.58. The largest absolute Gasteiger partial charge is 0.480 e. The van der Waals surface area contributed by atoms with Crippen LogP contribution in [-0.2, 0) is 9.59 Å². The van der Waals surface area contributed by atoms with E-state index in [2.05, 4.69) is 0 Å². The number of ketones is 1. The molecule has 2 fully saturated rings. The molecule has 35 heavy (non-hydrogen) atoms. The number of hydrogen-bond acceptors (Lipinski definition) is 4. The highest BCUT2D eigenvalue weighted by Crippen LogP contribution is 2.53. The molecule has 3 aromatic rings. The van der Waals surface area contributed by atoms with Crippen LogP contribution >= 0.6 is 11.3 Å². The van der Waals surface area contributed by atoms with Crippen LogP contribution in [0.5, 0.6) is 0 Å². The maximum absolute atomic E-state index is 14.2. The van der Waals surface area contributed by atoms with Gasteiger partial charge in [-0.25, -0.2) is 4.79 Å². The maximum atomic E-state index is 14.2. The molecule has 6 heteroatoms. The number of carboxylic acid groups (broad SMARTS) is 1. The van der Waals surface area contributed by atoms with Crippen LogP contribution in [0.1, 0.15) is 64.0 Å². The molecule has 1 N–H and O–H groups in total. The molecular weight excluding hydrogens is 458 g/mol. The second kappa shape index (κ2) is 9.78. The first-order chi connectivity index (χ1) is 17.0. The highest BCUT2D eigenvalue weighted by atomic mass is 32.1. The summed E-state index contributed by atoms with van der Waals surface area (Å²) < 4.78 is 0. The topological polar surface area (TPSA) is 74.7 Å². The zero-order chi connectivity index (χ0) is 24.5. The van der Waals surface area contributed by atoms with Gasteiger partial charge in [0.15, 0.2) is 5.78 Å². The van der Waals surface area contributed by atoms with Crippen molar-refractivity contribution in [3.8, 4) is 0 Å². The van der Waals surface area contributed by atoms with Crippen molar-refractivity contribution in [3.05, 3.63) is 93.7 Å². The predicted molar refractivity (Wildman–Crippen MR) is 135 cm³/mol.